The molecular weight excluding hydrogens is 518 g/mol. The SMILES string of the molecule is C=C1CSCC(OCCN2/C(=C/C=C3/C(=O)N(C)C(=O)N(C(C)C)C3=O)C(C)(C)c3ccccc32)CSC1. The number of urea groups is 1. The summed E-state index contributed by atoms with van der Waals surface area (Å²) in [7, 11) is 1.41. The molecule has 0 spiro atoms. The van der Waals surface area contributed by atoms with Crippen molar-refractivity contribution in [3.63, 3.8) is 0 Å². The van der Waals surface area contributed by atoms with Crippen LogP contribution in [0.2, 0.25) is 0 Å². The fourth-order valence-electron chi connectivity index (χ4n) is 5.05. The summed E-state index contributed by atoms with van der Waals surface area (Å²) >= 11 is 3.75. The molecule has 4 amide bonds. The monoisotopic (exact) mass is 555 g/mol. The number of nitrogens with zero attached hydrogens (tertiary/aromatic N) is 3. The van der Waals surface area contributed by atoms with E-state index in [9.17, 15) is 14.4 Å². The van der Waals surface area contributed by atoms with E-state index < -0.39 is 17.8 Å². The number of amides is 4. The predicted molar refractivity (Wildman–Crippen MR) is 157 cm³/mol. The Bertz CT molecular complexity index is 1180. The van der Waals surface area contributed by atoms with Crippen molar-refractivity contribution >= 4 is 47.1 Å². The highest BCUT2D eigenvalue weighted by Crippen LogP contribution is 2.47. The number of likely N-dealkylation sites (N-methyl/N-ethyl adjacent to an activating group) is 1. The van der Waals surface area contributed by atoms with E-state index in [-0.39, 0.29) is 23.1 Å². The number of imide groups is 2. The summed E-state index contributed by atoms with van der Waals surface area (Å²) in [6.45, 7) is 13.1. The summed E-state index contributed by atoms with van der Waals surface area (Å²) < 4.78 is 6.33. The number of carbonyl (C=O) groups excluding carboxylic acids is 3. The minimum Gasteiger partial charge on any atom is -0.375 e. The van der Waals surface area contributed by atoms with Crippen LogP contribution >= 0.6 is 23.5 Å². The van der Waals surface area contributed by atoms with Crippen molar-refractivity contribution in [1.82, 2.24) is 9.80 Å². The molecular formula is C29H37N3O4S2. The first-order chi connectivity index (χ1) is 18.0. The Kier molecular flexibility index (Phi) is 8.79. The van der Waals surface area contributed by atoms with Crippen molar-refractivity contribution in [2.75, 3.05) is 48.1 Å². The maximum atomic E-state index is 13.1. The van der Waals surface area contributed by atoms with Crippen molar-refractivity contribution in [3.05, 3.63) is 65.4 Å². The van der Waals surface area contributed by atoms with Gasteiger partial charge in [-0.05, 0) is 37.6 Å². The second-order valence-electron chi connectivity index (χ2n) is 10.6. The highest BCUT2D eigenvalue weighted by Gasteiger charge is 2.42. The highest BCUT2D eigenvalue weighted by molar-refractivity contribution is 8.01. The van der Waals surface area contributed by atoms with E-state index in [1.54, 1.807) is 19.9 Å². The van der Waals surface area contributed by atoms with Crippen LogP contribution in [0.5, 0.6) is 0 Å². The summed E-state index contributed by atoms with van der Waals surface area (Å²) in [4.78, 5) is 43.0. The molecule has 0 atom stereocenters. The molecule has 0 aromatic heterocycles. The fraction of sp³-hybridized carbons (Fsp3) is 0.483. The number of hydrogen-bond donors (Lipinski definition) is 0. The molecule has 3 aliphatic rings. The zero-order chi connectivity index (χ0) is 27.6. The van der Waals surface area contributed by atoms with Gasteiger partial charge in [0.05, 0.1) is 12.7 Å². The molecule has 3 heterocycles. The van der Waals surface area contributed by atoms with Gasteiger partial charge in [0.2, 0.25) is 0 Å². The number of para-hydroxylation sites is 1. The number of fused-ring (bicyclic) bond motifs is 1. The number of anilines is 1. The zero-order valence-electron chi connectivity index (χ0n) is 22.9. The maximum absolute atomic E-state index is 13.1. The molecule has 4 rings (SSSR count). The molecule has 1 aromatic carbocycles. The Balaban J connectivity index is 1.60. The Labute approximate surface area is 234 Å². The molecule has 3 aliphatic heterocycles. The van der Waals surface area contributed by atoms with Crippen LogP contribution in [0.1, 0.15) is 33.3 Å². The van der Waals surface area contributed by atoms with Crippen LogP contribution in [0.4, 0.5) is 10.5 Å². The van der Waals surface area contributed by atoms with Gasteiger partial charge in [0, 0.05) is 59.4 Å². The molecule has 38 heavy (non-hydrogen) atoms. The van der Waals surface area contributed by atoms with Gasteiger partial charge in [-0.2, -0.15) is 23.5 Å². The molecule has 2 saturated heterocycles. The van der Waals surface area contributed by atoms with E-state index in [4.69, 9.17) is 4.74 Å². The minimum absolute atomic E-state index is 0.0126. The molecule has 0 bridgehead atoms. The number of barbiturate groups is 1. The molecule has 0 aliphatic carbocycles. The summed E-state index contributed by atoms with van der Waals surface area (Å²) in [5, 5.41) is 0. The zero-order valence-corrected chi connectivity index (χ0v) is 24.5. The Hall–Kier alpha value is -2.49. The standard InChI is InChI=1S/C29H37N3O4S2/c1-19(2)32-27(34)22(26(33)30(6)28(32)35)11-12-25-29(4,5)23-9-7-8-10-24(23)31(25)13-14-36-21-17-37-15-20(3)16-38-18-21/h7-12,19,21H,3,13-18H2,1-2,4-6H3/b22-11-,25-12+. The van der Waals surface area contributed by atoms with Crippen molar-refractivity contribution in [2.24, 2.45) is 0 Å². The average Bonchev–Trinajstić information content (AvgIpc) is 3.07. The molecule has 2 fully saturated rings. The van der Waals surface area contributed by atoms with Crippen LogP contribution in [-0.4, -0.2) is 83.0 Å². The first-order valence-electron chi connectivity index (χ1n) is 12.9. The number of benzene rings is 1. The maximum Gasteiger partial charge on any atom is 0.333 e. The molecule has 0 saturated carbocycles. The van der Waals surface area contributed by atoms with Crippen LogP contribution in [0, 0.1) is 0 Å². The number of carbonyl (C=O) groups is 3. The number of allylic oxidation sites excluding steroid dienone is 3. The van der Waals surface area contributed by atoms with Crippen LogP contribution in [-0.2, 0) is 19.7 Å². The van der Waals surface area contributed by atoms with Gasteiger partial charge in [-0.15, -0.1) is 0 Å². The van der Waals surface area contributed by atoms with Crippen LogP contribution in [0.3, 0.4) is 0 Å². The lowest BCUT2D eigenvalue weighted by molar-refractivity contribution is -0.136. The third-order valence-electron chi connectivity index (χ3n) is 7.09. The lowest BCUT2D eigenvalue weighted by Gasteiger charge is -2.34. The van der Waals surface area contributed by atoms with Gasteiger partial charge < -0.3 is 9.64 Å². The van der Waals surface area contributed by atoms with Gasteiger partial charge in [0.25, 0.3) is 11.8 Å². The smallest absolute Gasteiger partial charge is 0.333 e. The topological polar surface area (TPSA) is 70.2 Å². The summed E-state index contributed by atoms with van der Waals surface area (Å²) in [6, 6.07) is 7.32. The van der Waals surface area contributed by atoms with Gasteiger partial charge in [-0.3, -0.25) is 19.4 Å². The van der Waals surface area contributed by atoms with E-state index in [2.05, 4.69) is 37.5 Å². The van der Waals surface area contributed by atoms with E-state index in [0.717, 1.165) is 44.2 Å². The molecule has 9 heteroatoms. The van der Waals surface area contributed by atoms with Crippen LogP contribution < -0.4 is 4.90 Å². The van der Waals surface area contributed by atoms with E-state index >= 15 is 0 Å². The Morgan fingerprint density at radius 3 is 2.39 bits per heavy atom. The van der Waals surface area contributed by atoms with E-state index in [0.29, 0.717) is 13.2 Å². The van der Waals surface area contributed by atoms with E-state index in [1.165, 1.54) is 18.2 Å². The predicted octanol–water partition coefficient (Wildman–Crippen LogP) is 4.84. The quantitative estimate of drug-likeness (QED) is 0.283. The molecule has 7 nitrogen and oxygen atoms in total. The second kappa shape index (κ2) is 11.7. The second-order valence-corrected chi connectivity index (χ2v) is 12.7. The Morgan fingerprint density at radius 2 is 1.74 bits per heavy atom. The normalized spacial score (nSPS) is 23.1. The number of thioether (sulfide) groups is 2. The first-order valence-corrected chi connectivity index (χ1v) is 15.2. The van der Waals surface area contributed by atoms with Gasteiger partial charge in [-0.25, -0.2) is 4.79 Å². The van der Waals surface area contributed by atoms with Crippen molar-refractivity contribution < 1.29 is 19.1 Å². The average molecular weight is 556 g/mol. The summed E-state index contributed by atoms with van der Waals surface area (Å²) in [5.74, 6) is 2.72. The molecule has 1 aromatic rings. The number of hydrogen-bond acceptors (Lipinski definition) is 7. The third-order valence-corrected chi connectivity index (χ3v) is 9.53. The molecule has 204 valence electrons. The van der Waals surface area contributed by atoms with Gasteiger partial charge in [-0.1, -0.05) is 44.2 Å². The summed E-state index contributed by atoms with van der Waals surface area (Å²) in [5.41, 5.74) is 4.17. The lowest BCUT2D eigenvalue weighted by Crippen LogP contribution is -2.57. The third kappa shape index (κ3) is 5.60. The number of ether oxygens (including phenoxy) is 1. The first kappa shape index (κ1) is 28.5. The van der Waals surface area contributed by atoms with Crippen LogP contribution in [0.25, 0.3) is 0 Å². The molecule has 0 N–H and O–H groups in total. The fourth-order valence-corrected chi connectivity index (χ4v) is 7.29. The van der Waals surface area contributed by atoms with Gasteiger partial charge in [0.1, 0.15) is 5.57 Å². The van der Waals surface area contributed by atoms with Gasteiger partial charge in [0.15, 0.2) is 0 Å². The lowest BCUT2D eigenvalue weighted by atomic mass is 9.83. The molecule has 0 radical (unpaired) electrons. The van der Waals surface area contributed by atoms with Crippen molar-refractivity contribution in [3.8, 4) is 0 Å². The van der Waals surface area contributed by atoms with Gasteiger partial charge >= 0.3 is 6.03 Å². The van der Waals surface area contributed by atoms with Crippen LogP contribution in [0.15, 0.2) is 59.8 Å². The van der Waals surface area contributed by atoms with Crippen molar-refractivity contribution in [1.29, 1.82) is 0 Å². The minimum atomic E-state index is -0.595. The Morgan fingerprint density at radius 1 is 1.08 bits per heavy atom. The summed E-state index contributed by atoms with van der Waals surface area (Å²) in [6.07, 6.45) is 3.63. The van der Waals surface area contributed by atoms with Crippen molar-refractivity contribution in [2.45, 2.75) is 45.3 Å². The largest absolute Gasteiger partial charge is 0.375 e. The van der Waals surface area contributed by atoms with E-state index in [1.807, 2.05) is 41.7 Å². The highest BCUT2D eigenvalue weighted by atomic mass is 32.2. The molecule has 0 unspecified atom stereocenters. The number of rotatable bonds is 6.